The van der Waals surface area contributed by atoms with Crippen LogP contribution in [0.2, 0.25) is 0 Å². The van der Waals surface area contributed by atoms with Gasteiger partial charge in [-0.3, -0.25) is 0 Å². The van der Waals surface area contributed by atoms with Crippen molar-refractivity contribution >= 4 is 21.9 Å². The molecule has 0 saturated heterocycles. The van der Waals surface area contributed by atoms with Gasteiger partial charge in [0.25, 0.3) is 0 Å². The predicted molar refractivity (Wildman–Crippen MR) is 96.7 cm³/mol. The van der Waals surface area contributed by atoms with E-state index < -0.39 is 5.97 Å². The summed E-state index contributed by atoms with van der Waals surface area (Å²) in [5.41, 5.74) is 1.83. The molecule has 1 heterocycles. The van der Waals surface area contributed by atoms with Crippen LogP contribution in [0.15, 0.2) is 59.1 Å². The Kier molecular flexibility index (Phi) is 4.99. The van der Waals surface area contributed by atoms with Gasteiger partial charge in [0, 0.05) is 10.5 Å². The van der Waals surface area contributed by atoms with Crippen molar-refractivity contribution in [1.29, 1.82) is 0 Å². The minimum Gasteiger partial charge on any atom is -0.404 e. The van der Waals surface area contributed by atoms with Crippen LogP contribution >= 0.6 is 15.9 Å². The van der Waals surface area contributed by atoms with Crippen LogP contribution in [-0.2, 0) is 0 Å². The van der Waals surface area contributed by atoms with Gasteiger partial charge in [-0.25, -0.2) is 13.9 Å². The Morgan fingerprint density at radius 1 is 1.12 bits per heavy atom. The Morgan fingerprint density at radius 3 is 2.36 bits per heavy atom. The van der Waals surface area contributed by atoms with Crippen molar-refractivity contribution < 1.29 is 13.9 Å². The molecule has 0 bridgehead atoms. The largest absolute Gasteiger partial charge is 0.404 e. The lowest BCUT2D eigenvalue weighted by Gasteiger charge is -2.08. The van der Waals surface area contributed by atoms with Crippen LogP contribution in [0.5, 0.6) is 5.88 Å². The van der Waals surface area contributed by atoms with E-state index in [1.165, 1.54) is 16.8 Å². The number of hydrogen-bond acceptors (Lipinski definition) is 3. The van der Waals surface area contributed by atoms with Gasteiger partial charge in [0.05, 0.1) is 16.9 Å². The smallest absolute Gasteiger partial charge is 0.344 e. The maximum absolute atomic E-state index is 13.2. The number of esters is 1. The van der Waals surface area contributed by atoms with Gasteiger partial charge in [-0.1, -0.05) is 29.8 Å². The molecule has 0 aliphatic carbocycles. The number of carbonyl (C=O) groups is 1. The molecule has 0 N–H and O–H groups in total. The monoisotopic (exact) mass is 402 g/mol. The van der Waals surface area contributed by atoms with Crippen molar-refractivity contribution in [3.63, 3.8) is 0 Å². The Bertz CT molecular complexity index is 887. The van der Waals surface area contributed by atoms with E-state index in [0.29, 0.717) is 17.1 Å². The number of hydrogen-bond donors (Lipinski definition) is 0. The lowest BCUT2D eigenvalue weighted by Crippen LogP contribution is -2.11. The van der Waals surface area contributed by atoms with E-state index in [0.717, 1.165) is 10.2 Å². The van der Waals surface area contributed by atoms with Crippen LogP contribution in [0.3, 0.4) is 0 Å². The zero-order chi connectivity index (χ0) is 18.0. The van der Waals surface area contributed by atoms with Crippen LogP contribution < -0.4 is 4.74 Å². The molecule has 1 aromatic heterocycles. The van der Waals surface area contributed by atoms with Gasteiger partial charge in [-0.15, -0.1) is 0 Å². The highest BCUT2D eigenvalue weighted by atomic mass is 79.9. The highest BCUT2D eigenvalue weighted by molar-refractivity contribution is 9.10. The number of halogens is 2. The Morgan fingerprint density at radius 2 is 1.76 bits per heavy atom. The molecule has 3 rings (SSSR count). The molecule has 0 aliphatic heterocycles. The molecule has 3 aromatic rings. The number of benzene rings is 2. The maximum Gasteiger partial charge on any atom is 0.344 e. The van der Waals surface area contributed by atoms with Crippen LogP contribution in [0.1, 0.15) is 35.8 Å². The second-order valence-electron chi connectivity index (χ2n) is 5.85. The fraction of sp³-hybridized carbons (Fsp3) is 0.158. The fourth-order valence-corrected chi connectivity index (χ4v) is 2.51. The molecule has 0 unspecified atom stereocenters. The first-order valence-corrected chi connectivity index (χ1v) is 8.57. The second-order valence-corrected chi connectivity index (χ2v) is 6.76. The molecule has 0 radical (unpaired) electrons. The first kappa shape index (κ1) is 17.4. The zero-order valence-electron chi connectivity index (χ0n) is 13.7. The molecular weight excluding hydrogens is 387 g/mol. The van der Waals surface area contributed by atoms with E-state index in [2.05, 4.69) is 21.0 Å². The molecule has 4 nitrogen and oxygen atoms in total. The summed E-state index contributed by atoms with van der Waals surface area (Å²) in [4.78, 5) is 12.4. The molecule has 0 amide bonds. The molecule has 0 aliphatic rings. The quantitative estimate of drug-likeness (QED) is 0.569. The number of ether oxygens (including phenoxy) is 1. The number of carbonyl (C=O) groups excluding carboxylic acids is 1. The number of aromatic nitrogens is 2. The third-order valence-corrected chi connectivity index (χ3v) is 4.16. The minimum atomic E-state index is -0.480. The van der Waals surface area contributed by atoms with Crippen LogP contribution in [0.25, 0.3) is 5.69 Å². The van der Waals surface area contributed by atoms with Crippen molar-refractivity contribution in [1.82, 2.24) is 9.78 Å². The summed E-state index contributed by atoms with van der Waals surface area (Å²) >= 11 is 3.33. The predicted octanol–water partition coefficient (Wildman–Crippen LogP) is 5.12. The van der Waals surface area contributed by atoms with Crippen LogP contribution in [-0.4, -0.2) is 15.7 Å². The topological polar surface area (TPSA) is 44.1 Å². The summed E-state index contributed by atoms with van der Waals surface area (Å²) in [6, 6.07) is 14.5. The highest BCUT2D eigenvalue weighted by Crippen LogP contribution is 2.25. The van der Waals surface area contributed by atoms with Gasteiger partial charge in [0.2, 0.25) is 5.88 Å². The summed E-state index contributed by atoms with van der Waals surface area (Å²) < 4.78 is 21.1. The average molecular weight is 403 g/mol. The lowest BCUT2D eigenvalue weighted by molar-refractivity contribution is 0.0723. The average Bonchev–Trinajstić information content (AvgIpc) is 3.00. The molecule has 6 heteroatoms. The molecule has 0 atom stereocenters. The van der Waals surface area contributed by atoms with E-state index in [-0.39, 0.29) is 11.7 Å². The standard InChI is InChI=1S/C19H16BrFN2O2/c1-12(2)17-11-18(23(22-17)16-9-7-15(21)8-10-16)25-19(24)13-3-5-14(20)6-4-13/h3-12H,1-2H3. The summed E-state index contributed by atoms with van der Waals surface area (Å²) in [6.07, 6.45) is 0. The second kappa shape index (κ2) is 7.19. The van der Waals surface area contributed by atoms with E-state index in [9.17, 15) is 9.18 Å². The molecule has 0 saturated carbocycles. The van der Waals surface area contributed by atoms with Crippen LogP contribution in [0.4, 0.5) is 4.39 Å². The Labute approximate surface area is 153 Å². The van der Waals surface area contributed by atoms with Gasteiger partial charge < -0.3 is 4.74 Å². The summed E-state index contributed by atoms with van der Waals surface area (Å²) in [6.45, 7) is 4.00. The van der Waals surface area contributed by atoms with Gasteiger partial charge in [-0.05, 0) is 54.4 Å². The molecule has 2 aromatic carbocycles. The molecule has 0 fully saturated rings. The van der Waals surface area contributed by atoms with Crippen molar-refractivity contribution in [2.75, 3.05) is 0 Å². The summed E-state index contributed by atoms with van der Waals surface area (Å²) in [5, 5.41) is 4.48. The summed E-state index contributed by atoms with van der Waals surface area (Å²) in [5.74, 6) is -0.366. The molecular formula is C19H16BrFN2O2. The summed E-state index contributed by atoms with van der Waals surface area (Å²) in [7, 11) is 0. The SMILES string of the molecule is CC(C)c1cc(OC(=O)c2ccc(Br)cc2)n(-c2ccc(F)cc2)n1. The van der Waals surface area contributed by atoms with Crippen molar-refractivity contribution in [3.8, 4) is 11.6 Å². The fourth-order valence-electron chi connectivity index (χ4n) is 2.24. The van der Waals surface area contributed by atoms with Crippen molar-refractivity contribution in [2.24, 2.45) is 0 Å². The van der Waals surface area contributed by atoms with E-state index in [4.69, 9.17) is 4.74 Å². The first-order chi connectivity index (χ1) is 11.9. The van der Waals surface area contributed by atoms with Gasteiger partial charge in [0.15, 0.2) is 0 Å². The Balaban J connectivity index is 1.95. The third-order valence-electron chi connectivity index (χ3n) is 3.64. The van der Waals surface area contributed by atoms with Gasteiger partial charge in [0.1, 0.15) is 5.82 Å². The van der Waals surface area contributed by atoms with Gasteiger partial charge >= 0.3 is 5.97 Å². The van der Waals surface area contributed by atoms with Gasteiger partial charge in [-0.2, -0.15) is 5.10 Å². The Hall–Kier alpha value is -2.47. The third kappa shape index (κ3) is 3.96. The molecule has 0 spiro atoms. The molecule has 25 heavy (non-hydrogen) atoms. The molecule has 128 valence electrons. The zero-order valence-corrected chi connectivity index (χ0v) is 15.3. The van der Waals surface area contributed by atoms with E-state index in [1.807, 2.05) is 13.8 Å². The first-order valence-electron chi connectivity index (χ1n) is 7.77. The van der Waals surface area contributed by atoms with Crippen molar-refractivity contribution in [2.45, 2.75) is 19.8 Å². The number of nitrogens with zero attached hydrogens (tertiary/aromatic N) is 2. The van der Waals surface area contributed by atoms with E-state index in [1.54, 1.807) is 42.5 Å². The van der Waals surface area contributed by atoms with Crippen molar-refractivity contribution in [3.05, 3.63) is 76.1 Å². The normalized spacial score (nSPS) is 10.9. The minimum absolute atomic E-state index is 0.159. The number of rotatable bonds is 4. The highest BCUT2D eigenvalue weighted by Gasteiger charge is 2.17. The van der Waals surface area contributed by atoms with Crippen LogP contribution in [0, 0.1) is 5.82 Å². The van der Waals surface area contributed by atoms with E-state index >= 15 is 0 Å². The lowest BCUT2D eigenvalue weighted by atomic mass is 10.1. The maximum atomic E-state index is 13.2.